The van der Waals surface area contributed by atoms with Crippen LogP contribution < -0.4 is 5.32 Å². The SMILES string of the molecule is Cc1nnc2c(NC3c4ccccc4CC3Cl)nccn12. The molecule has 0 saturated heterocycles. The average Bonchev–Trinajstić information content (AvgIpc) is 3.02. The number of benzene rings is 1. The minimum absolute atomic E-state index is 0.00785. The Balaban J connectivity index is 1.75. The highest BCUT2D eigenvalue weighted by atomic mass is 35.5. The molecule has 4 rings (SSSR count). The van der Waals surface area contributed by atoms with E-state index in [1.54, 1.807) is 6.20 Å². The van der Waals surface area contributed by atoms with Gasteiger partial charge in [-0.15, -0.1) is 21.8 Å². The van der Waals surface area contributed by atoms with Gasteiger partial charge in [-0.1, -0.05) is 24.3 Å². The quantitative estimate of drug-likeness (QED) is 0.739. The van der Waals surface area contributed by atoms with E-state index in [9.17, 15) is 0 Å². The lowest BCUT2D eigenvalue weighted by Crippen LogP contribution is -2.18. The molecule has 1 aromatic carbocycles. The van der Waals surface area contributed by atoms with E-state index in [4.69, 9.17) is 11.6 Å². The van der Waals surface area contributed by atoms with E-state index in [1.165, 1.54) is 11.1 Å². The van der Waals surface area contributed by atoms with Crippen LogP contribution in [0.3, 0.4) is 0 Å². The van der Waals surface area contributed by atoms with E-state index in [0.29, 0.717) is 5.82 Å². The zero-order valence-corrected chi connectivity index (χ0v) is 12.2. The van der Waals surface area contributed by atoms with Crippen molar-refractivity contribution in [1.82, 2.24) is 19.6 Å². The maximum atomic E-state index is 6.52. The molecule has 0 bridgehead atoms. The second-order valence-corrected chi connectivity index (χ2v) is 5.82. The molecular formula is C15H14ClN5. The number of nitrogens with zero attached hydrogens (tertiary/aromatic N) is 4. The summed E-state index contributed by atoms with van der Waals surface area (Å²) < 4.78 is 1.92. The smallest absolute Gasteiger partial charge is 0.203 e. The molecule has 1 N–H and O–H groups in total. The van der Waals surface area contributed by atoms with Crippen LogP contribution in [0, 0.1) is 6.92 Å². The zero-order chi connectivity index (χ0) is 14.4. The lowest BCUT2D eigenvalue weighted by molar-refractivity contribution is 0.766. The highest BCUT2D eigenvalue weighted by Gasteiger charge is 2.31. The van der Waals surface area contributed by atoms with Crippen molar-refractivity contribution in [3.8, 4) is 0 Å². The molecule has 21 heavy (non-hydrogen) atoms. The fourth-order valence-electron chi connectivity index (χ4n) is 2.91. The number of halogens is 1. The number of hydrogen-bond donors (Lipinski definition) is 1. The summed E-state index contributed by atoms with van der Waals surface area (Å²) in [7, 11) is 0. The van der Waals surface area contributed by atoms with Crippen LogP contribution in [0.4, 0.5) is 5.82 Å². The summed E-state index contributed by atoms with van der Waals surface area (Å²) in [6.45, 7) is 1.92. The number of rotatable bonds is 2. The van der Waals surface area contributed by atoms with Crippen molar-refractivity contribution in [1.29, 1.82) is 0 Å². The molecule has 2 aromatic heterocycles. The molecule has 1 aliphatic rings. The molecule has 0 radical (unpaired) electrons. The van der Waals surface area contributed by atoms with Gasteiger partial charge < -0.3 is 5.32 Å². The van der Waals surface area contributed by atoms with Gasteiger partial charge in [0.15, 0.2) is 5.82 Å². The summed E-state index contributed by atoms with van der Waals surface area (Å²) in [5.74, 6) is 1.55. The summed E-state index contributed by atoms with van der Waals surface area (Å²) in [5, 5.41) is 11.7. The molecule has 0 fully saturated rings. The number of nitrogens with one attached hydrogen (secondary N) is 1. The number of hydrogen-bond acceptors (Lipinski definition) is 4. The molecule has 1 aliphatic carbocycles. The number of anilines is 1. The number of alkyl halides is 1. The Morgan fingerprint density at radius 2 is 2.14 bits per heavy atom. The minimum atomic E-state index is 0.00785. The standard InChI is InChI=1S/C15H14ClN5/c1-9-19-20-15-14(17-6-7-21(9)15)18-13-11-5-3-2-4-10(11)8-12(13)16/h2-7,12-13H,8H2,1H3,(H,17,18). The van der Waals surface area contributed by atoms with Gasteiger partial charge in [0.05, 0.1) is 11.4 Å². The van der Waals surface area contributed by atoms with Crippen LogP contribution in [-0.2, 0) is 6.42 Å². The first kappa shape index (κ1) is 12.6. The van der Waals surface area contributed by atoms with Gasteiger partial charge in [0.2, 0.25) is 5.65 Å². The molecule has 2 atom stereocenters. The molecule has 3 aromatic rings. The molecular weight excluding hydrogens is 286 g/mol. The van der Waals surface area contributed by atoms with Crippen molar-refractivity contribution in [3.05, 3.63) is 53.6 Å². The van der Waals surface area contributed by atoms with Crippen molar-refractivity contribution in [2.45, 2.75) is 24.8 Å². The fraction of sp³-hybridized carbons (Fsp3) is 0.267. The molecule has 2 unspecified atom stereocenters. The van der Waals surface area contributed by atoms with Gasteiger partial charge in [0.25, 0.3) is 0 Å². The van der Waals surface area contributed by atoms with Gasteiger partial charge in [-0.3, -0.25) is 4.40 Å². The Morgan fingerprint density at radius 1 is 1.29 bits per heavy atom. The number of fused-ring (bicyclic) bond motifs is 2. The van der Waals surface area contributed by atoms with Crippen molar-refractivity contribution < 1.29 is 0 Å². The van der Waals surface area contributed by atoms with E-state index in [1.807, 2.05) is 29.7 Å². The van der Waals surface area contributed by atoms with E-state index >= 15 is 0 Å². The van der Waals surface area contributed by atoms with E-state index in [2.05, 4.69) is 32.6 Å². The highest BCUT2D eigenvalue weighted by molar-refractivity contribution is 6.21. The topological polar surface area (TPSA) is 55.1 Å². The predicted molar refractivity (Wildman–Crippen MR) is 81.7 cm³/mol. The third-order valence-electron chi connectivity index (χ3n) is 3.96. The van der Waals surface area contributed by atoms with Crippen LogP contribution in [0.15, 0.2) is 36.7 Å². The maximum Gasteiger partial charge on any atom is 0.203 e. The zero-order valence-electron chi connectivity index (χ0n) is 11.5. The van der Waals surface area contributed by atoms with E-state index < -0.39 is 0 Å². The van der Waals surface area contributed by atoms with Gasteiger partial charge in [-0.2, -0.15) is 0 Å². The normalized spacial score (nSPS) is 20.7. The van der Waals surface area contributed by atoms with Gasteiger partial charge in [0.1, 0.15) is 5.82 Å². The summed E-state index contributed by atoms with van der Waals surface area (Å²) in [6.07, 6.45) is 4.47. The van der Waals surface area contributed by atoms with Gasteiger partial charge in [-0.05, 0) is 24.5 Å². The van der Waals surface area contributed by atoms with E-state index in [-0.39, 0.29) is 11.4 Å². The Bertz CT molecular complexity index is 813. The van der Waals surface area contributed by atoms with Crippen molar-refractivity contribution in [3.63, 3.8) is 0 Å². The Hall–Kier alpha value is -2.14. The summed E-state index contributed by atoms with van der Waals surface area (Å²) in [4.78, 5) is 4.40. The fourth-order valence-corrected chi connectivity index (χ4v) is 3.27. The van der Waals surface area contributed by atoms with Gasteiger partial charge >= 0.3 is 0 Å². The van der Waals surface area contributed by atoms with Crippen LogP contribution in [0.1, 0.15) is 23.0 Å². The summed E-state index contributed by atoms with van der Waals surface area (Å²) >= 11 is 6.52. The molecule has 0 aliphatic heterocycles. The maximum absolute atomic E-state index is 6.52. The first-order valence-corrected chi connectivity index (χ1v) is 7.32. The van der Waals surface area contributed by atoms with Gasteiger partial charge in [0, 0.05) is 12.4 Å². The lowest BCUT2D eigenvalue weighted by Gasteiger charge is -2.18. The summed E-state index contributed by atoms with van der Waals surface area (Å²) in [6, 6.07) is 8.37. The minimum Gasteiger partial charge on any atom is -0.359 e. The third kappa shape index (κ3) is 1.96. The third-order valence-corrected chi connectivity index (χ3v) is 4.36. The van der Waals surface area contributed by atoms with Crippen molar-refractivity contribution in [2.24, 2.45) is 0 Å². The highest BCUT2D eigenvalue weighted by Crippen LogP contribution is 2.37. The molecule has 6 heteroatoms. The second kappa shape index (κ2) is 4.70. The first-order chi connectivity index (χ1) is 10.2. The monoisotopic (exact) mass is 299 g/mol. The predicted octanol–water partition coefficient (Wildman–Crippen LogP) is 2.75. The molecule has 106 valence electrons. The lowest BCUT2D eigenvalue weighted by atomic mass is 10.1. The van der Waals surface area contributed by atoms with Crippen LogP contribution >= 0.6 is 11.6 Å². The second-order valence-electron chi connectivity index (χ2n) is 5.26. The summed E-state index contributed by atoms with van der Waals surface area (Å²) in [5.41, 5.74) is 3.25. The molecule has 0 saturated carbocycles. The number of aryl methyl sites for hydroxylation is 1. The Labute approximate surface area is 127 Å². The van der Waals surface area contributed by atoms with Crippen LogP contribution in [0.25, 0.3) is 5.65 Å². The van der Waals surface area contributed by atoms with Crippen LogP contribution in [-0.4, -0.2) is 25.0 Å². The number of aromatic nitrogens is 4. The largest absolute Gasteiger partial charge is 0.359 e. The Kier molecular flexibility index (Phi) is 2.82. The molecule has 5 nitrogen and oxygen atoms in total. The van der Waals surface area contributed by atoms with Crippen LogP contribution in [0.2, 0.25) is 0 Å². The molecule has 0 spiro atoms. The van der Waals surface area contributed by atoms with Gasteiger partial charge in [-0.25, -0.2) is 4.98 Å². The van der Waals surface area contributed by atoms with Crippen molar-refractivity contribution in [2.75, 3.05) is 5.32 Å². The Morgan fingerprint density at radius 3 is 3.05 bits per heavy atom. The van der Waals surface area contributed by atoms with Crippen LogP contribution in [0.5, 0.6) is 0 Å². The van der Waals surface area contributed by atoms with Crippen molar-refractivity contribution >= 4 is 23.1 Å². The van der Waals surface area contributed by atoms with E-state index in [0.717, 1.165) is 17.9 Å². The average molecular weight is 300 g/mol. The molecule has 0 amide bonds. The first-order valence-electron chi connectivity index (χ1n) is 6.89. The molecule has 2 heterocycles.